The summed E-state index contributed by atoms with van der Waals surface area (Å²) in [4.78, 5) is 2.46. The van der Waals surface area contributed by atoms with Crippen molar-refractivity contribution < 1.29 is 4.74 Å². The van der Waals surface area contributed by atoms with Crippen LogP contribution in [-0.2, 0) is 4.74 Å². The fraction of sp³-hybridized carbons (Fsp3) is 1.00. The highest BCUT2D eigenvalue weighted by Gasteiger charge is 2.51. The quantitative estimate of drug-likeness (QED) is 0.646. The van der Waals surface area contributed by atoms with Gasteiger partial charge in [0.05, 0.1) is 12.2 Å². The average Bonchev–Trinajstić information content (AvgIpc) is 2.60. The maximum absolute atomic E-state index is 5.84. The highest BCUT2D eigenvalue weighted by atomic mass is 16.5. The van der Waals surface area contributed by atoms with Gasteiger partial charge in [-0.05, 0) is 46.1 Å². The monoisotopic (exact) mass is 183 g/mol. The molecule has 2 aliphatic rings. The average molecular weight is 183 g/mol. The van der Waals surface area contributed by atoms with Crippen LogP contribution in [0.25, 0.3) is 0 Å². The minimum atomic E-state index is 0.0216. The van der Waals surface area contributed by atoms with Gasteiger partial charge in [-0.1, -0.05) is 0 Å². The molecule has 3 atom stereocenters. The predicted octanol–water partition coefficient (Wildman–Crippen LogP) is 1.75. The van der Waals surface area contributed by atoms with Crippen LogP contribution in [-0.4, -0.2) is 36.7 Å². The van der Waals surface area contributed by atoms with Gasteiger partial charge in [0.25, 0.3) is 0 Å². The van der Waals surface area contributed by atoms with Crippen molar-refractivity contribution in [2.45, 2.75) is 38.8 Å². The van der Waals surface area contributed by atoms with Crippen LogP contribution in [0.1, 0.15) is 27.2 Å². The Bertz CT molecular complexity index is 195. The third-order valence-corrected chi connectivity index (χ3v) is 3.25. The number of fused-ring (bicyclic) bond motifs is 1. The van der Waals surface area contributed by atoms with Crippen LogP contribution in [0.2, 0.25) is 0 Å². The SMILES string of the molecule is CN1C[C@H]2C[C@H]2[C@H]1COC(C)(C)C. The Balaban J connectivity index is 1.81. The van der Waals surface area contributed by atoms with Gasteiger partial charge in [-0.2, -0.15) is 0 Å². The molecule has 0 N–H and O–H groups in total. The summed E-state index contributed by atoms with van der Waals surface area (Å²) in [5, 5.41) is 0. The summed E-state index contributed by atoms with van der Waals surface area (Å²) in [6.07, 6.45) is 1.45. The van der Waals surface area contributed by atoms with Crippen LogP contribution in [0.15, 0.2) is 0 Å². The second-order valence-electron chi connectivity index (χ2n) is 5.59. The topological polar surface area (TPSA) is 12.5 Å². The van der Waals surface area contributed by atoms with Crippen molar-refractivity contribution in [3.8, 4) is 0 Å². The lowest BCUT2D eigenvalue weighted by molar-refractivity contribution is -0.0296. The molecule has 76 valence electrons. The molecular weight excluding hydrogens is 162 g/mol. The zero-order valence-corrected chi connectivity index (χ0v) is 9.21. The van der Waals surface area contributed by atoms with Gasteiger partial charge in [-0.3, -0.25) is 0 Å². The van der Waals surface area contributed by atoms with E-state index in [0.717, 1.165) is 18.4 Å². The molecule has 0 aromatic carbocycles. The van der Waals surface area contributed by atoms with Gasteiger partial charge in [0.15, 0.2) is 0 Å². The first kappa shape index (κ1) is 9.47. The molecule has 2 heteroatoms. The number of rotatable bonds is 2. The number of hydrogen-bond donors (Lipinski definition) is 0. The molecule has 2 nitrogen and oxygen atoms in total. The summed E-state index contributed by atoms with van der Waals surface area (Å²) in [6.45, 7) is 8.61. The Morgan fingerprint density at radius 3 is 2.54 bits per heavy atom. The maximum atomic E-state index is 5.84. The molecule has 0 spiro atoms. The second-order valence-corrected chi connectivity index (χ2v) is 5.59. The number of likely N-dealkylation sites (N-methyl/N-ethyl adjacent to an activating group) is 1. The molecule has 1 saturated carbocycles. The second kappa shape index (κ2) is 2.96. The zero-order chi connectivity index (χ0) is 9.64. The van der Waals surface area contributed by atoms with Crippen molar-refractivity contribution in [1.29, 1.82) is 0 Å². The molecule has 1 aliphatic heterocycles. The molecule has 2 rings (SSSR count). The summed E-state index contributed by atoms with van der Waals surface area (Å²) < 4.78 is 5.84. The van der Waals surface area contributed by atoms with Crippen molar-refractivity contribution in [3.05, 3.63) is 0 Å². The number of hydrogen-bond acceptors (Lipinski definition) is 2. The highest BCUT2D eigenvalue weighted by Crippen LogP contribution is 2.48. The van der Waals surface area contributed by atoms with E-state index in [0.29, 0.717) is 6.04 Å². The Hall–Kier alpha value is -0.0800. The molecule has 0 aromatic heterocycles. The van der Waals surface area contributed by atoms with Crippen LogP contribution >= 0.6 is 0 Å². The first-order chi connectivity index (χ1) is 5.97. The highest BCUT2D eigenvalue weighted by molar-refractivity contribution is 5.03. The van der Waals surface area contributed by atoms with Crippen molar-refractivity contribution in [2.75, 3.05) is 20.2 Å². The van der Waals surface area contributed by atoms with Gasteiger partial charge in [0.2, 0.25) is 0 Å². The van der Waals surface area contributed by atoms with E-state index in [4.69, 9.17) is 4.74 Å². The van der Waals surface area contributed by atoms with E-state index in [1.807, 2.05) is 0 Å². The van der Waals surface area contributed by atoms with Crippen molar-refractivity contribution in [1.82, 2.24) is 4.90 Å². The molecular formula is C11H21NO. The zero-order valence-electron chi connectivity index (χ0n) is 9.21. The lowest BCUT2D eigenvalue weighted by Gasteiger charge is -2.27. The van der Waals surface area contributed by atoms with Crippen molar-refractivity contribution >= 4 is 0 Å². The van der Waals surface area contributed by atoms with Crippen molar-refractivity contribution in [2.24, 2.45) is 11.8 Å². The van der Waals surface area contributed by atoms with Crippen LogP contribution < -0.4 is 0 Å². The smallest absolute Gasteiger partial charge is 0.0631 e. The summed E-state index contributed by atoms with van der Waals surface area (Å²) in [7, 11) is 2.23. The molecule has 13 heavy (non-hydrogen) atoms. The number of piperidine rings is 1. The molecule has 0 bridgehead atoms. The van der Waals surface area contributed by atoms with Gasteiger partial charge < -0.3 is 9.64 Å². The van der Waals surface area contributed by atoms with E-state index >= 15 is 0 Å². The number of likely N-dealkylation sites (tertiary alicyclic amines) is 1. The first-order valence-corrected chi connectivity index (χ1v) is 5.31. The van der Waals surface area contributed by atoms with Gasteiger partial charge in [-0.15, -0.1) is 0 Å². The third kappa shape index (κ3) is 2.05. The fourth-order valence-corrected chi connectivity index (χ4v) is 2.37. The Kier molecular flexibility index (Phi) is 2.16. The van der Waals surface area contributed by atoms with E-state index in [9.17, 15) is 0 Å². The predicted molar refractivity (Wildman–Crippen MR) is 53.7 cm³/mol. The summed E-state index contributed by atoms with van der Waals surface area (Å²) in [5.74, 6) is 1.95. The van der Waals surface area contributed by atoms with Gasteiger partial charge in [0.1, 0.15) is 0 Å². The van der Waals surface area contributed by atoms with E-state index in [-0.39, 0.29) is 5.60 Å². The molecule has 0 unspecified atom stereocenters. The third-order valence-electron chi connectivity index (χ3n) is 3.25. The first-order valence-electron chi connectivity index (χ1n) is 5.31. The molecule has 2 fully saturated rings. The summed E-state index contributed by atoms with van der Waals surface area (Å²) >= 11 is 0. The summed E-state index contributed by atoms with van der Waals surface area (Å²) in [6, 6.07) is 0.698. The molecule has 1 saturated heterocycles. The van der Waals surface area contributed by atoms with E-state index in [1.165, 1.54) is 13.0 Å². The maximum Gasteiger partial charge on any atom is 0.0631 e. The van der Waals surface area contributed by atoms with Crippen LogP contribution in [0.5, 0.6) is 0 Å². The molecule has 0 radical (unpaired) electrons. The van der Waals surface area contributed by atoms with E-state index < -0.39 is 0 Å². The van der Waals surface area contributed by atoms with Crippen LogP contribution in [0.3, 0.4) is 0 Å². The van der Waals surface area contributed by atoms with Gasteiger partial charge in [-0.25, -0.2) is 0 Å². The lowest BCUT2D eigenvalue weighted by atomic mass is 10.1. The number of nitrogens with zero attached hydrogens (tertiary/aromatic N) is 1. The number of ether oxygens (including phenoxy) is 1. The Labute approximate surface area is 81.3 Å². The van der Waals surface area contributed by atoms with Gasteiger partial charge >= 0.3 is 0 Å². The minimum Gasteiger partial charge on any atom is -0.374 e. The van der Waals surface area contributed by atoms with Crippen molar-refractivity contribution in [3.63, 3.8) is 0 Å². The fourth-order valence-electron chi connectivity index (χ4n) is 2.37. The normalized spacial score (nSPS) is 39.2. The van der Waals surface area contributed by atoms with E-state index in [1.54, 1.807) is 0 Å². The van der Waals surface area contributed by atoms with E-state index in [2.05, 4.69) is 32.7 Å². The Morgan fingerprint density at radius 1 is 1.38 bits per heavy atom. The van der Waals surface area contributed by atoms with Gasteiger partial charge in [0, 0.05) is 12.6 Å². The molecule has 0 amide bonds. The molecule has 0 aromatic rings. The Morgan fingerprint density at radius 2 is 2.08 bits per heavy atom. The standard InChI is InChI=1S/C11H21NO/c1-11(2,3)13-7-10-9-5-8(9)6-12(10)4/h8-10H,5-7H2,1-4H3/t8-,9-,10-/m1/s1. The summed E-state index contributed by atoms with van der Waals surface area (Å²) in [5.41, 5.74) is 0.0216. The lowest BCUT2D eigenvalue weighted by Crippen LogP contribution is -2.36. The minimum absolute atomic E-state index is 0.0216. The van der Waals surface area contributed by atoms with Crippen LogP contribution in [0, 0.1) is 11.8 Å². The largest absolute Gasteiger partial charge is 0.374 e. The molecule has 1 heterocycles. The molecule has 1 aliphatic carbocycles. The van der Waals surface area contributed by atoms with Crippen LogP contribution in [0.4, 0.5) is 0 Å².